The second-order valence-electron chi connectivity index (χ2n) is 5.07. The van der Waals surface area contributed by atoms with Crippen LogP contribution in [0.3, 0.4) is 0 Å². The Morgan fingerprint density at radius 3 is 2.67 bits per heavy atom. The van der Waals surface area contributed by atoms with Crippen LogP contribution in [0.2, 0.25) is 0 Å². The average Bonchev–Trinajstić information content (AvgIpc) is 2.69. The molecular weight excluding hydrogens is 254 g/mol. The summed E-state index contributed by atoms with van der Waals surface area (Å²) in [5, 5.41) is 2.84. The van der Waals surface area contributed by atoms with E-state index in [0.29, 0.717) is 13.1 Å². The third-order valence-corrected chi connectivity index (χ3v) is 4.10. The fourth-order valence-corrected chi connectivity index (χ4v) is 3.08. The minimum absolute atomic E-state index is 0.0616. The van der Waals surface area contributed by atoms with E-state index in [1.165, 1.54) is 0 Å². The van der Waals surface area contributed by atoms with Crippen LogP contribution in [-0.4, -0.2) is 39.7 Å². The fourth-order valence-electron chi connectivity index (χ4n) is 2.22. The van der Waals surface area contributed by atoms with Gasteiger partial charge in [-0.2, -0.15) is 0 Å². The molecule has 4 N–H and O–H groups in total. The number of nitrogens with one attached hydrogen (secondary N) is 2. The lowest BCUT2D eigenvalue weighted by Crippen LogP contribution is -2.43. The summed E-state index contributed by atoms with van der Waals surface area (Å²) in [6.45, 7) is 2.61. The van der Waals surface area contributed by atoms with Gasteiger partial charge in [-0.15, -0.1) is 0 Å². The van der Waals surface area contributed by atoms with E-state index in [4.69, 9.17) is 5.73 Å². The highest BCUT2D eigenvalue weighted by Crippen LogP contribution is 2.25. The third-order valence-electron chi connectivity index (χ3n) is 3.36. The van der Waals surface area contributed by atoms with Gasteiger partial charge in [0.1, 0.15) is 0 Å². The predicted molar refractivity (Wildman–Crippen MR) is 70.3 cm³/mol. The normalized spacial score (nSPS) is 25.9. The molecule has 1 aliphatic rings. The molecule has 1 aliphatic carbocycles. The first-order chi connectivity index (χ1) is 8.33. The van der Waals surface area contributed by atoms with Crippen molar-refractivity contribution in [2.45, 2.75) is 32.2 Å². The van der Waals surface area contributed by atoms with E-state index in [1.807, 2.05) is 0 Å². The molecular formula is C11H23N3O3S. The maximum atomic E-state index is 11.6. The fraction of sp³-hybridized carbons (Fsp3) is 0.909. The second-order valence-corrected chi connectivity index (χ2v) is 6.85. The quantitative estimate of drug-likeness (QED) is 0.604. The summed E-state index contributed by atoms with van der Waals surface area (Å²) in [5.41, 5.74) is 5.41. The molecule has 0 aliphatic heterocycles. The molecule has 1 rings (SSSR count). The van der Waals surface area contributed by atoms with Gasteiger partial charge in [0.15, 0.2) is 0 Å². The van der Waals surface area contributed by atoms with Crippen molar-refractivity contribution in [2.75, 3.05) is 19.3 Å². The number of rotatable bonds is 6. The summed E-state index contributed by atoms with van der Waals surface area (Å²) < 4.78 is 25.1. The lowest BCUT2D eigenvalue weighted by molar-refractivity contribution is -0.124. The Balaban J connectivity index is 2.44. The zero-order valence-corrected chi connectivity index (χ0v) is 11.8. The van der Waals surface area contributed by atoms with E-state index in [2.05, 4.69) is 10.0 Å². The van der Waals surface area contributed by atoms with Crippen molar-refractivity contribution >= 4 is 15.9 Å². The average molecular weight is 277 g/mol. The smallest absolute Gasteiger partial charge is 0.224 e. The van der Waals surface area contributed by atoms with Crippen molar-refractivity contribution < 1.29 is 13.2 Å². The van der Waals surface area contributed by atoms with E-state index in [-0.39, 0.29) is 23.8 Å². The first-order valence-electron chi connectivity index (χ1n) is 6.28. The lowest BCUT2D eigenvalue weighted by Gasteiger charge is -2.21. The van der Waals surface area contributed by atoms with Crippen LogP contribution in [0.15, 0.2) is 0 Å². The van der Waals surface area contributed by atoms with Crippen molar-refractivity contribution in [1.82, 2.24) is 10.0 Å². The number of carbonyl (C=O) groups is 1. The van der Waals surface area contributed by atoms with Gasteiger partial charge in [-0.25, -0.2) is 13.1 Å². The van der Waals surface area contributed by atoms with E-state index in [1.54, 1.807) is 6.92 Å². The number of nitrogens with two attached hydrogens (primary N) is 1. The number of sulfonamides is 1. The molecule has 0 radical (unpaired) electrons. The summed E-state index contributed by atoms with van der Waals surface area (Å²) >= 11 is 0. The van der Waals surface area contributed by atoms with E-state index >= 15 is 0 Å². The zero-order valence-electron chi connectivity index (χ0n) is 11.0. The molecule has 0 saturated heterocycles. The Morgan fingerprint density at radius 1 is 1.44 bits per heavy atom. The first-order valence-corrected chi connectivity index (χ1v) is 8.17. The molecule has 1 fully saturated rings. The molecule has 3 atom stereocenters. The highest BCUT2D eigenvalue weighted by Gasteiger charge is 2.29. The van der Waals surface area contributed by atoms with Gasteiger partial charge >= 0.3 is 0 Å². The van der Waals surface area contributed by atoms with Crippen LogP contribution in [0.1, 0.15) is 26.2 Å². The summed E-state index contributed by atoms with van der Waals surface area (Å²) in [5.74, 6) is -0.0936. The molecule has 0 aromatic rings. The molecule has 0 bridgehead atoms. The highest BCUT2D eigenvalue weighted by molar-refractivity contribution is 7.88. The largest absolute Gasteiger partial charge is 0.355 e. The van der Waals surface area contributed by atoms with E-state index in [0.717, 1.165) is 25.5 Å². The van der Waals surface area contributed by atoms with Gasteiger partial charge in [0.2, 0.25) is 15.9 Å². The molecule has 0 aromatic heterocycles. The zero-order chi connectivity index (χ0) is 13.8. The first kappa shape index (κ1) is 15.4. The monoisotopic (exact) mass is 277 g/mol. The Kier molecular flexibility index (Phi) is 5.55. The standard InChI is InChI=1S/C11H23N3O3S/c1-8(6-12)11(15)13-7-9-4-3-5-10(9)14-18(2,16)17/h8-10,14H,3-7,12H2,1-2H3,(H,13,15). The van der Waals surface area contributed by atoms with Gasteiger partial charge in [-0.3, -0.25) is 4.79 Å². The summed E-state index contributed by atoms with van der Waals surface area (Å²) in [4.78, 5) is 11.6. The Labute approximate surface area is 109 Å². The van der Waals surface area contributed by atoms with Gasteiger partial charge in [-0.1, -0.05) is 13.3 Å². The predicted octanol–water partition coefficient (Wildman–Crippen LogP) is -0.585. The molecule has 106 valence electrons. The summed E-state index contributed by atoms with van der Waals surface area (Å²) in [6.07, 6.45) is 3.92. The Hall–Kier alpha value is -0.660. The highest BCUT2D eigenvalue weighted by atomic mass is 32.2. The lowest BCUT2D eigenvalue weighted by atomic mass is 10.0. The van der Waals surface area contributed by atoms with Gasteiger partial charge < -0.3 is 11.1 Å². The molecule has 1 saturated carbocycles. The van der Waals surface area contributed by atoms with Gasteiger partial charge in [0.25, 0.3) is 0 Å². The van der Waals surface area contributed by atoms with Crippen molar-refractivity contribution in [3.63, 3.8) is 0 Å². The molecule has 1 amide bonds. The van der Waals surface area contributed by atoms with Crippen molar-refractivity contribution in [3.8, 4) is 0 Å². The Bertz CT molecular complexity index is 383. The molecule has 7 heteroatoms. The van der Waals surface area contributed by atoms with E-state index in [9.17, 15) is 13.2 Å². The molecule has 0 aromatic carbocycles. The number of hydrogen-bond donors (Lipinski definition) is 3. The van der Waals surface area contributed by atoms with Crippen LogP contribution in [0.4, 0.5) is 0 Å². The Morgan fingerprint density at radius 2 is 2.11 bits per heavy atom. The molecule has 3 unspecified atom stereocenters. The van der Waals surface area contributed by atoms with Gasteiger partial charge in [-0.05, 0) is 18.8 Å². The minimum Gasteiger partial charge on any atom is -0.355 e. The maximum absolute atomic E-state index is 11.6. The van der Waals surface area contributed by atoms with Crippen molar-refractivity contribution in [2.24, 2.45) is 17.6 Å². The number of carbonyl (C=O) groups excluding carboxylic acids is 1. The topological polar surface area (TPSA) is 101 Å². The van der Waals surface area contributed by atoms with Crippen molar-refractivity contribution in [3.05, 3.63) is 0 Å². The van der Waals surface area contributed by atoms with Crippen LogP contribution in [0.5, 0.6) is 0 Å². The second kappa shape index (κ2) is 6.49. The van der Waals surface area contributed by atoms with Crippen molar-refractivity contribution in [1.29, 1.82) is 0 Å². The third kappa shape index (κ3) is 4.91. The van der Waals surface area contributed by atoms with Crippen LogP contribution in [0.25, 0.3) is 0 Å². The molecule has 18 heavy (non-hydrogen) atoms. The summed E-state index contributed by atoms with van der Waals surface area (Å²) in [7, 11) is -3.18. The van der Waals surface area contributed by atoms with E-state index < -0.39 is 10.0 Å². The van der Waals surface area contributed by atoms with Crippen LogP contribution < -0.4 is 15.8 Å². The molecule has 0 spiro atoms. The van der Waals surface area contributed by atoms with Crippen LogP contribution >= 0.6 is 0 Å². The van der Waals surface area contributed by atoms with Gasteiger partial charge in [0.05, 0.1) is 6.26 Å². The number of hydrogen-bond acceptors (Lipinski definition) is 4. The van der Waals surface area contributed by atoms with Gasteiger partial charge in [0, 0.05) is 25.0 Å². The molecule has 6 nitrogen and oxygen atoms in total. The van der Waals surface area contributed by atoms with Crippen LogP contribution in [0, 0.1) is 11.8 Å². The molecule has 0 heterocycles. The summed E-state index contributed by atoms with van der Waals surface area (Å²) in [6, 6.07) is -0.0616. The maximum Gasteiger partial charge on any atom is 0.224 e. The SMILES string of the molecule is CC(CN)C(=O)NCC1CCCC1NS(C)(=O)=O. The minimum atomic E-state index is -3.18. The number of amides is 1. The van der Waals surface area contributed by atoms with Crippen LogP contribution in [-0.2, 0) is 14.8 Å².